The van der Waals surface area contributed by atoms with Gasteiger partial charge in [0.1, 0.15) is 4.83 Å². The van der Waals surface area contributed by atoms with E-state index in [4.69, 9.17) is 0 Å². The average Bonchev–Trinajstić information content (AvgIpc) is 3.21. The van der Waals surface area contributed by atoms with E-state index >= 15 is 0 Å². The van der Waals surface area contributed by atoms with Crippen LogP contribution in [0.4, 0.5) is 5.69 Å². The van der Waals surface area contributed by atoms with E-state index in [0.29, 0.717) is 21.5 Å². The Morgan fingerprint density at radius 2 is 1.77 bits per heavy atom. The molecule has 4 aromatic rings. The van der Waals surface area contributed by atoms with E-state index < -0.39 is 0 Å². The highest BCUT2D eigenvalue weighted by atomic mass is 32.1. The summed E-state index contributed by atoms with van der Waals surface area (Å²) in [5.74, 6) is -0.426. The molecule has 1 amide bonds. The normalized spacial score (nSPS) is 11.1. The van der Waals surface area contributed by atoms with Gasteiger partial charge in [0.25, 0.3) is 5.56 Å². The quantitative estimate of drug-likeness (QED) is 0.452. The summed E-state index contributed by atoms with van der Waals surface area (Å²) >= 11 is 1.41. The van der Waals surface area contributed by atoms with E-state index in [1.807, 2.05) is 49.6 Å². The molecule has 0 atom stereocenters. The zero-order chi connectivity index (χ0) is 22.0. The molecule has 0 unspecified atom stereocenters. The molecule has 0 aliphatic carbocycles. The molecule has 7 heteroatoms. The molecule has 0 radical (unpaired) electrons. The molecule has 31 heavy (non-hydrogen) atoms. The number of thiophene rings is 1. The zero-order valence-electron chi connectivity index (χ0n) is 17.2. The highest BCUT2D eigenvalue weighted by molar-refractivity contribution is 7.17. The number of amides is 1. The lowest BCUT2D eigenvalue weighted by atomic mass is 10.1. The Hall–Kier alpha value is -3.58. The van der Waals surface area contributed by atoms with Gasteiger partial charge in [0, 0.05) is 28.1 Å². The number of benzene rings is 2. The van der Waals surface area contributed by atoms with Crippen LogP contribution in [0.1, 0.15) is 24.2 Å². The van der Waals surface area contributed by atoms with E-state index in [2.05, 4.69) is 10.3 Å². The first kappa shape index (κ1) is 20.7. The Morgan fingerprint density at radius 3 is 2.45 bits per heavy atom. The maximum absolute atomic E-state index is 13.1. The number of rotatable bonds is 6. The van der Waals surface area contributed by atoms with Gasteiger partial charge in [-0.15, -0.1) is 11.3 Å². The summed E-state index contributed by atoms with van der Waals surface area (Å²) < 4.78 is 1.35. The van der Waals surface area contributed by atoms with E-state index in [1.165, 1.54) is 22.2 Å². The number of aromatic nitrogens is 2. The summed E-state index contributed by atoms with van der Waals surface area (Å²) in [5, 5.41) is 5.24. The minimum Gasteiger partial charge on any atom is -0.326 e. The van der Waals surface area contributed by atoms with Crippen molar-refractivity contribution in [1.82, 2.24) is 9.55 Å². The number of ketones is 1. The van der Waals surface area contributed by atoms with Gasteiger partial charge in [-0.2, -0.15) is 0 Å². The maximum Gasteiger partial charge on any atom is 0.263 e. The summed E-state index contributed by atoms with van der Waals surface area (Å²) in [7, 11) is 0. The van der Waals surface area contributed by atoms with Crippen molar-refractivity contribution in [1.29, 1.82) is 0 Å². The molecule has 156 valence electrons. The molecule has 0 aliphatic rings. The zero-order valence-corrected chi connectivity index (χ0v) is 18.0. The third kappa shape index (κ3) is 4.32. The molecule has 0 bridgehead atoms. The minimum absolute atomic E-state index is 0.0880. The molecular weight excluding hydrogens is 410 g/mol. The Morgan fingerprint density at radius 1 is 1.06 bits per heavy atom. The van der Waals surface area contributed by atoms with Gasteiger partial charge in [-0.1, -0.05) is 44.2 Å². The number of hydrogen-bond donors (Lipinski definition) is 1. The van der Waals surface area contributed by atoms with Crippen molar-refractivity contribution in [3.8, 4) is 11.1 Å². The van der Waals surface area contributed by atoms with Crippen LogP contribution in [0.5, 0.6) is 0 Å². The van der Waals surface area contributed by atoms with Crippen LogP contribution in [0, 0.1) is 5.92 Å². The van der Waals surface area contributed by atoms with Crippen LogP contribution in [-0.4, -0.2) is 21.2 Å². The molecule has 2 aromatic heterocycles. The van der Waals surface area contributed by atoms with Crippen LogP contribution in [0.25, 0.3) is 21.3 Å². The first-order valence-corrected chi connectivity index (χ1v) is 10.8. The second-order valence-electron chi connectivity index (χ2n) is 7.52. The Bertz CT molecular complexity index is 1310. The lowest BCUT2D eigenvalue weighted by molar-refractivity contribution is -0.118. The first-order chi connectivity index (χ1) is 14.9. The highest BCUT2D eigenvalue weighted by Gasteiger charge is 2.15. The van der Waals surface area contributed by atoms with Crippen LogP contribution in [0.3, 0.4) is 0 Å². The van der Waals surface area contributed by atoms with Gasteiger partial charge in [0.15, 0.2) is 5.78 Å². The summed E-state index contributed by atoms with van der Waals surface area (Å²) in [6, 6.07) is 16.3. The SMILES string of the molecule is CC(C)C(=O)Nc1ccc(C(=O)Cn2cnc3scc(-c4ccccc4)c3c2=O)cc1. The van der Waals surface area contributed by atoms with Crippen molar-refractivity contribution in [2.75, 3.05) is 5.32 Å². The molecule has 0 saturated carbocycles. The van der Waals surface area contributed by atoms with Crippen LogP contribution >= 0.6 is 11.3 Å². The maximum atomic E-state index is 13.1. The second kappa shape index (κ2) is 8.65. The highest BCUT2D eigenvalue weighted by Crippen LogP contribution is 2.30. The van der Waals surface area contributed by atoms with Crippen LogP contribution < -0.4 is 10.9 Å². The van der Waals surface area contributed by atoms with E-state index in [0.717, 1.165) is 11.1 Å². The van der Waals surface area contributed by atoms with Crippen molar-refractivity contribution >= 4 is 38.9 Å². The molecule has 2 aromatic carbocycles. The lowest BCUT2D eigenvalue weighted by Gasteiger charge is -2.09. The largest absolute Gasteiger partial charge is 0.326 e. The van der Waals surface area contributed by atoms with Gasteiger partial charge in [-0.3, -0.25) is 19.0 Å². The van der Waals surface area contributed by atoms with Gasteiger partial charge < -0.3 is 5.32 Å². The van der Waals surface area contributed by atoms with Crippen LogP contribution in [0.2, 0.25) is 0 Å². The standard InChI is InChI=1S/C24H21N3O3S/c1-15(2)22(29)26-18-10-8-17(9-11-18)20(28)12-27-14-25-23-21(24(27)30)19(13-31-23)16-6-4-3-5-7-16/h3-11,13-15H,12H2,1-2H3,(H,26,29). The number of hydrogen-bond acceptors (Lipinski definition) is 5. The number of nitrogens with one attached hydrogen (secondary N) is 1. The van der Waals surface area contributed by atoms with Gasteiger partial charge in [0.2, 0.25) is 5.91 Å². The van der Waals surface area contributed by atoms with E-state index in [9.17, 15) is 14.4 Å². The van der Waals surface area contributed by atoms with Crippen molar-refractivity contribution in [2.45, 2.75) is 20.4 Å². The fraction of sp³-hybridized carbons (Fsp3) is 0.167. The molecule has 0 aliphatic heterocycles. The second-order valence-corrected chi connectivity index (χ2v) is 8.38. The summed E-state index contributed by atoms with van der Waals surface area (Å²) in [6.07, 6.45) is 1.42. The first-order valence-electron chi connectivity index (χ1n) is 9.90. The predicted octanol–water partition coefficient (Wildman–Crippen LogP) is 4.60. The Kier molecular flexibility index (Phi) is 5.77. The summed E-state index contributed by atoms with van der Waals surface area (Å²) in [5.41, 5.74) is 2.62. The molecular formula is C24H21N3O3S. The molecule has 4 rings (SSSR count). The van der Waals surface area contributed by atoms with Gasteiger partial charge in [-0.25, -0.2) is 4.98 Å². The summed E-state index contributed by atoms with van der Waals surface area (Å²) in [6.45, 7) is 3.52. The number of carbonyl (C=O) groups excluding carboxylic acids is 2. The number of fused-ring (bicyclic) bond motifs is 1. The monoisotopic (exact) mass is 431 g/mol. The third-order valence-corrected chi connectivity index (χ3v) is 5.84. The van der Waals surface area contributed by atoms with Gasteiger partial charge in [0.05, 0.1) is 18.3 Å². The lowest BCUT2D eigenvalue weighted by Crippen LogP contribution is -2.24. The number of Topliss-reactive ketones (excluding diaryl/α,β-unsaturated/α-hetero) is 1. The minimum atomic E-state index is -0.237. The topological polar surface area (TPSA) is 81.1 Å². The molecule has 1 N–H and O–H groups in total. The van der Waals surface area contributed by atoms with E-state index in [-0.39, 0.29) is 29.7 Å². The van der Waals surface area contributed by atoms with Gasteiger partial charge >= 0.3 is 0 Å². The van der Waals surface area contributed by atoms with Crippen molar-refractivity contribution in [2.24, 2.45) is 5.92 Å². The summed E-state index contributed by atoms with van der Waals surface area (Å²) in [4.78, 5) is 42.7. The molecule has 6 nitrogen and oxygen atoms in total. The number of anilines is 1. The number of carbonyl (C=O) groups is 2. The van der Waals surface area contributed by atoms with Crippen molar-refractivity contribution < 1.29 is 9.59 Å². The molecule has 0 spiro atoms. The van der Waals surface area contributed by atoms with Crippen molar-refractivity contribution in [3.63, 3.8) is 0 Å². The average molecular weight is 432 g/mol. The predicted molar refractivity (Wildman–Crippen MR) is 124 cm³/mol. The third-order valence-electron chi connectivity index (χ3n) is 4.96. The van der Waals surface area contributed by atoms with Gasteiger partial charge in [-0.05, 0) is 29.8 Å². The smallest absolute Gasteiger partial charge is 0.263 e. The molecule has 0 fully saturated rings. The van der Waals surface area contributed by atoms with E-state index in [1.54, 1.807) is 24.3 Å². The fourth-order valence-electron chi connectivity index (χ4n) is 3.18. The van der Waals surface area contributed by atoms with Crippen molar-refractivity contribution in [3.05, 3.63) is 82.2 Å². The van der Waals surface area contributed by atoms with Crippen LogP contribution in [-0.2, 0) is 11.3 Å². The Labute approximate surface area is 183 Å². The fourth-order valence-corrected chi connectivity index (χ4v) is 4.09. The number of nitrogens with zero attached hydrogens (tertiary/aromatic N) is 2. The molecule has 0 saturated heterocycles. The Balaban J connectivity index is 1.59. The molecule has 2 heterocycles. The van der Waals surface area contributed by atoms with Crippen LogP contribution in [0.15, 0.2) is 71.1 Å².